The molecule has 1 aliphatic carbocycles. The van der Waals surface area contributed by atoms with Crippen molar-refractivity contribution >= 4 is 23.1 Å². The Morgan fingerprint density at radius 3 is 2.43 bits per heavy atom. The Hall–Kier alpha value is -0.720. The van der Waals surface area contributed by atoms with Crippen LogP contribution in [0.5, 0.6) is 0 Å². The van der Waals surface area contributed by atoms with Crippen LogP contribution in [0.1, 0.15) is 32.6 Å². The average molecular weight is 312 g/mol. The van der Waals surface area contributed by atoms with E-state index in [0.29, 0.717) is 17.6 Å². The van der Waals surface area contributed by atoms with Crippen LogP contribution in [0.15, 0.2) is 0 Å². The molecule has 1 unspecified atom stereocenters. The normalized spacial score (nSPS) is 22.0. The molecule has 120 valence electrons. The summed E-state index contributed by atoms with van der Waals surface area (Å²) in [5.74, 6) is 0.255. The van der Waals surface area contributed by atoms with Gasteiger partial charge in [-0.3, -0.25) is 14.6 Å². The number of thiocarbonyl (C=S) groups is 1. The van der Waals surface area contributed by atoms with Crippen LogP contribution in [-0.2, 0) is 4.79 Å². The largest absolute Gasteiger partial charge is 0.392 e. The number of nitrogens with two attached hydrogens (primary N) is 1. The first-order valence-corrected chi connectivity index (χ1v) is 8.45. The van der Waals surface area contributed by atoms with Crippen molar-refractivity contribution in [1.29, 1.82) is 0 Å². The smallest absolute Gasteiger partial charge is 0.236 e. The molecule has 2 aliphatic rings. The predicted molar refractivity (Wildman–Crippen MR) is 89.3 cm³/mol. The first-order chi connectivity index (χ1) is 10.0. The summed E-state index contributed by atoms with van der Waals surface area (Å²) in [6.07, 6.45) is 4.46. The lowest BCUT2D eigenvalue weighted by molar-refractivity contribution is -0.132. The molecule has 0 radical (unpaired) electrons. The summed E-state index contributed by atoms with van der Waals surface area (Å²) >= 11 is 5.19. The molecule has 2 N–H and O–H groups in total. The number of hydrogen-bond donors (Lipinski definition) is 1. The Morgan fingerprint density at radius 2 is 1.95 bits per heavy atom. The summed E-state index contributed by atoms with van der Waals surface area (Å²) in [4.78, 5) is 19.3. The van der Waals surface area contributed by atoms with Crippen molar-refractivity contribution in [2.24, 2.45) is 5.73 Å². The zero-order chi connectivity index (χ0) is 15.4. The predicted octanol–water partition coefficient (Wildman–Crippen LogP) is 0.680. The number of hydrogen-bond acceptors (Lipinski definition) is 4. The van der Waals surface area contributed by atoms with Gasteiger partial charge in [0.05, 0.1) is 17.6 Å². The molecule has 1 aliphatic heterocycles. The Morgan fingerprint density at radius 1 is 1.33 bits per heavy atom. The highest BCUT2D eigenvalue weighted by molar-refractivity contribution is 7.80. The van der Waals surface area contributed by atoms with Gasteiger partial charge in [0.2, 0.25) is 5.91 Å². The van der Waals surface area contributed by atoms with Crippen molar-refractivity contribution < 1.29 is 4.79 Å². The molecule has 0 aromatic heterocycles. The summed E-state index contributed by atoms with van der Waals surface area (Å²) in [7, 11) is 1.93. The second-order valence-electron chi connectivity index (χ2n) is 6.25. The molecule has 1 saturated carbocycles. The molecule has 21 heavy (non-hydrogen) atoms. The van der Waals surface area contributed by atoms with E-state index in [1.54, 1.807) is 0 Å². The topological polar surface area (TPSA) is 52.8 Å². The second-order valence-corrected chi connectivity index (χ2v) is 6.73. The fourth-order valence-corrected chi connectivity index (χ4v) is 3.25. The third-order valence-corrected chi connectivity index (χ3v) is 4.86. The number of amides is 1. The molecular formula is C15H28N4OS. The number of carbonyl (C=O) groups excluding carboxylic acids is 1. The zero-order valence-corrected chi connectivity index (χ0v) is 14.1. The Labute approximate surface area is 133 Å². The third kappa shape index (κ3) is 4.63. The van der Waals surface area contributed by atoms with Gasteiger partial charge in [-0.25, -0.2) is 0 Å². The van der Waals surface area contributed by atoms with Crippen molar-refractivity contribution in [3.63, 3.8) is 0 Å². The maximum Gasteiger partial charge on any atom is 0.236 e. The number of likely N-dealkylation sites (N-methyl/N-ethyl adjacent to an activating group) is 1. The maximum atomic E-state index is 12.1. The number of carbonyl (C=O) groups is 1. The SMILES string of the molecule is CCCC(C(N)=S)N1CCN(CC(=O)N(C)C2CC2)CC1. The average Bonchev–Trinajstić information content (AvgIpc) is 3.29. The second kappa shape index (κ2) is 7.51. The number of nitrogens with zero attached hydrogens (tertiary/aromatic N) is 3. The molecule has 0 aromatic rings. The van der Waals surface area contributed by atoms with Crippen LogP contribution in [0.25, 0.3) is 0 Å². The minimum Gasteiger partial charge on any atom is -0.392 e. The van der Waals surface area contributed by atoms with Gasteiger partial charge in [-0.2, -0.15) is 0 Å². The van der Waals surface area contributed by atoms with E-state index in [2.05, 4.69) is 16.7 Å². The van der Waals surface area contributed by atoms with E-state index >= 15 is 0 Å². The highest BCUT2D eigenvalue weighted by atomic mass is 32.1. The number of piperazine rings is 1. The minimum absolute atomic E-state index is 0.219. The maximum absolute atomic E-state index is 12.1. The molecule has 0 aromatic carbocycles. The molecule has 0 bridgehead atoms. The Bertz CT molecular complexity index is 378. The van der Waals surface area contributed by atoms with Crippen LogP contribution in [0.4, 0.5) is 0 Å². The summed E-state index contributed by atoms with van der Waals surface area (Å²) in [6.45, 7) is 6.45. The molecule has 5 nitrogen and oxygen atoms in total. The third-order valence-electron chi connectivity index (χ3n) is 4.59. The first kappa shape index (κ1) is 16.6. The van der Waals surface area contributed by atoms with Crippen molar-refractivity contribution in [2.45, 2.75) is 44.7 Å². The van der Waals surface area contributed by atoms with Crippen molar-refractivity contribution in [3.8, 4) is 0 Å². The molecule has 0 spiro atoms. The first-order valence-electron chi connectivity index (χ1n) is 8.04. The molecule has 2 fully saturated rings. The molecular weight excluding hydrogens is 284 g/mol. The Kier molecular flexibility index (Phi) is 5.96. The minimum atomic E-state index is 0.219. The fraction of sp³-hybridized carbons (Fsp3) is 0.867. The standard InChI is InChI=1S/C15H28N4OS/c1-3-4-13(15(16)21)19-9-7-18(8-10-19)11-14(20)17(2)12-5-6-12/h12-13H,3-11H2,1-2H3,(H2,16,21). The van der Waals surface area contributed by atoms with Crippen LogP contribution in [0, 0.1) is 0 Å². The monoisotopic (exact) mass is 312 g/mol. The van der Waals surface area contributed by atoms with Gasteiger partial charge in [0, 0.05) is 39.3 Å². The van der Waals surface area contributed by atoms with Crippen molar-refractivity contribution in [2.75, 3.05) is 39.8 Å². The van der Waals surface area contributed by atoms with Gasteiger partial charge in [-0.1, -0.05) is 25.6 Å². The van der Waals surface area contributed by atoms with E-state index in [4.69, 9.17) is 18.0 Å². The quantitative estimate of drug-likeness (QED) is 0.701. The van der Waals surface area contributed by atoms with Gasteiger partial charge >= 0.3 is 0 Å². The number of rotatable bonds is 7. The molecule has 1 heterocycles. The lowest BCUT2D eigenvalue weighted by Gasteiger charge is -2.39. The molecule has 1 saturated heterocycles. The van der Waals surface area contributed by atoms with Gasteiger partial charge in [0.25, 0.3) is 0 Å². The van der Waals surface area contributed by atoms with E-state index in [1.165, 1.54) is 12.8 Å². The van der Waals surface area contributed by atoms with E-state index in [-0.39, 0.29) is 11.9 Å². The van der Waals surface area contributed by atoms with Crippen molar-refractivity contribution in [3.05, 3.63) is 0 Å². The molecule has 6 heteroatoms. The zero-order valence-electron chi connectivity index (χ0n) is 13.3. The van der Waals surface area contributed by atoms with Crippen LogP contribution in [-0.4, -0.2) is 77.5 Å². The molecule has 2 rings (SSSR count). The van der Waals surface area contributed by atoms with Gasteiger partial charge in [-0.05, 0) is 19.3 Å². The highest BCUT2D eigenvalue weighted by Crippen LogP contribution is 2.25. The van der Waals surface area contributed by atoms with Gasteiger partial charge < -0.3 is 10.6 Å². The lowest BCUT2D eigenvalue weighted by atomic mass is 10.1. The summed E-state index contributed by atoms with van der Waals surface area (Å²) < 4.78 is 0. The highest BCUT2D eigenvalue weighted by Gasteiger charge is 2.31. The summed E-state index contributed by atoms with van der Waals surface area (Å²) in [5.41, 5.74) is 5.86. The molecule has 1 atom stereocenters. The van der Waals surface area contributed by atoms with Gasteiger partial charge in [-0.15, -0.1) is 0 Å². The summed E-state index contributed by atoms with van der Waals surface area (Å²) in [5, 5.41) is 0. The van der Waals surface area contributed by atoms with Crippen LogP contribution in [0.2, 0.25) is 0 Å². The Balaban J connectivity index is 1.76. The van der Waals surface area contributed by atoms with Gasteiger partial charge in [0.15, 0.2) is 0 Å². The van der Waals surface area contributed by atoms with Crippen molar-refractivity contribution in [1.82, 2.24) is 14.7 Å². The van der Waals surface area contributed by atoms with Crippen LogP contribution < -0.4 is 5.73 Å². The van der Waals surface area contributed by atoms with E-state index in [1.807, 2.05) is 11.9 Å². The van der Waals surface area contributed by atoms with Crippen LogP contribution in [0.3, 0.4) is 0 Å². The van der Waals surface area contributed by atoms with E-state index in [0.717, 1.165) is 39.0 Å². The van der Waals surface area contributed by atoms with Crippen LogP contribution >= 0.6 is 12.2 Å². The molecule has 1 amide bonds. The van der Waals surface area contributed by atoms with E-state index in [9.17, 15) is 4.79 Å². The van der Waals surface area contributed by atoms with Gasteiger partial charge in [0.1, 0.15) is 0 Å². The van der Waals surface area contributed by atoms with E-state index < -0.39 is 0 Å². The lowest BCUT2D eigenvalue weighted by Crippen LogP contribution is -2.55. The fourth-order valence-electron chi connectivity index (χ4n) is 2.98. The summed E-state index contributed by atoms with van der Waals surface area (Å²) in [6, 6.07) is 0.722.